The van der Waals surface area contributed by atoms with E-state index >= 15 is 0 Å². The van der Waals surface area contributed by atoms with Gasteiger partial charge in [-0.05, 0) is 26.0 Å². The number of benzene rings is 1. The zero-order valence-corrected chi connectivity index (χ0v) is 11.7. The fourth-order valence-corrected chi connectivity index (χ4v) is 1.85. The predicted octanol–water partition coefficient (Wildman–Crippen LogP) is 1.86. The van der Waals surface area contributed by atoms with Crippen molar-refractivity contribution in [2.75, 3.05) is 5.32 Å². The van der Waals surface area contributed by atoms with Crippen LogP contribution in [0.2, 0.25) is 0 Å². The summed E-state index contributed by atoms with van der Waals surface area (Å²) in [7, 11) is 0. The fraction of sp³-hybridized carbons (Fsp3) is 0.143. The van der Waals surface area contributed by atoms with Crippen LogP contribution >= 0.6 is 0 Å². The Kier molecular flexibility index (Phi) is 3.23. The van der Waals surface area contributed by atoms with E-state index in [1.54, 1.807) is 10.9 Å². The van der Waals surface area contributed by atoms with Gasteiger partial charge in [0.1, 0.15) is 0 Å². The molecule has 2 heterocycles. The van der Waals surface area contributed by atoms with E-state index in [0.717, 1.165) is 16.9 Å². The minimum Gasteiger partial charge on any atom is -0.303 e. The van der Waals surface area contributed by atoms with Crippen molar-refractivity contribution in [2.45, 2.75) is 13.8 Å². The lowest BCUT2D eigenvalue weighted by molar-refractivity contribution is 0.102. The Labute approximate surface area is 121 Å². The first kappa shape index (κ1) is 13.0. The lowest BCUT2D eigenvalue weighted by Crippen LogP contribution is -2.13. The Morgan fingerprint density at radius 1 is 1.24 bits per heavy atom. The topological polar surface area (TPSA) is 88.5 Å². The van der Waals surface area contributed by atoms with Crippen LogP contribution in [0.3, 0.4) is 0 Å². The molecule has 0 saturated heterocycles. The molecule has 0 atom stereocenters. The van der Waals surface area contributed by atoms with Crippen LogP contribution in [-0.2, 0) is 0 Å². The van der Waals surface area contributed by atoms with Crippen molar-refractivity contribution < 1.29 is 4.79 Å². The summed E-state index contributed by atoms with van der Waals surface area (Å²) in [6.45, 7) is 3.78. The van der Waals surface area contributed by atoms with E-state index in [1.165, 1.54) is 0 Å². The molecule has 2 N–H and O–H groups in total. The third kappa shape index (κ3) is 2.53. The summed E-state index contributed by atoms with van der Waals surface area (Å²) in [4.78, 5) is 12.1. The molecule has 0 fully saturated rings. The highest BCUT2D eigenvalue weighted by Gasteiger charge is 2.15. The Morgan fingerprint density at radius 2 is 2.00 bits per heavy atom. The van der Waals surface area contributed by atoms with Gasteiger partial charge in [0, 0.05) is 11.3 Å². The molecule has 21 heavy (non-hydrogen) atoms. The van der Waals surface area contributed by atoms with E-state index in [4.69, 9.17) is 0 Å². The minimum atomic E-state index is -0.341. The number of aromatic nitrogens is 5. The summed E-state index contributed by atoms with van der Waals surface area (Å²) in [5.41, 5.74) is 2.90. The number of carbonyl (C=O) groups is 1. The smallest absolute Gasteiger partial charge is 0.279 e. The van der Waals surface area contributed by atoms with Gasteiger partial charge in [0.05, 0.1) is 11.9 Å². The predicted molar refractivity (Wildman–Crippen MR) is 77.4 cm³/mol. The molecular weight excluding hydrogens is 268 g/mol. The summed E-state index contributed by atoms with van der Waals surface area (Å²) in [6.07, 6.45) is 1.58. The molecule has 0 radical (unpaired) electrons. The van der Waals surface area contributed by atoms with Crippen LogP contribution in [0.25, 0.3) is 5.69 Å². The number of carbonyl (C=O) groups excluding carboxylic acids is 1. The first-order valence-corrected chi connectivity index (χ1v) is 6.46. The third-order valence-electron chi connectivity index (χ3n) is 3.23. The van der Waals surface area contributed by atoms with E-state index in [-0.39, 0.29) is 11.6 Å². The van der Waals surface area contributed by atoms with Crippen molar-refractivity contribution in [2.24, 2.45) is 0 Å². The van der Waals surface area contributed by atoms with Gasteiger partial charge >= 0.3 is 0 Å². The van der Waals surface area contributed by atoms with Gasteiger partial charge in [-0.3, -0.25) is 9.89 Å². The molecule has 1 aromatic carbocycles. The van der Waals surface area contributed by atoms with Crippen LogP contribution in [0.15, 0.2) is 36.5 Å². The number of aromatic amines is 1. The average Bonchev–Trinajstić information content (AvgIpc) is 3.11. The number of para-hydroxylation sites is 1. The molecule has 0 aliphatic rings. The number of amides is 1. The molecule has 0 unspecified atom stereocenters. The lowest BCUT2D eigenvalue weighted by atomic mass is 10.3. The second-order valence-electron chi connectivity index (χ2n) is 4.66. The molecule has 0 bridgehead atoms. The maximum Gasteiger partial charge on any atom is 0.279 e. The first-order valence-electron chi connectivity index (χ1n) is 6.46. The van der Waals surface area contributed by atoms with E-state index in [0.29, 0.717) is 5.82 Å². The number of H-pyrrole nitrogens is 1. The summed E-state index contributed by atoms with van der Waals surface area (Å²) in [5.74, 6) is 0.165. The monoisotopic (exact) mass is 282 g/mol. The molecule has 3 aromatic rings. The van der Waals surface area contributed by atoms with Crippen LogP contribution in [0.4, 0.5) is 5.82 Å². The van der Waals surface area contributed by atoms with Crippen LogP contribution < -0.4 is 5.32 Å². The molecule has 1 amide bonds. The number of hydrogen-bond acceptors (Lipinski definition) is 4. The zero-order valence-electron chi connectivity index (χ0n) is 11.7. The Bertz CT molecular complexity index is 774. The SMILES string of the molecule is Cc1[nH]nc(NC(=O)c2cn(-c3ccccc3)nn2)c1C. The molecule has 2 aromatic heterocycles. The quantitative estimate of drug-likeness (QED) is 0.767. The van der Waals surface area contributed by atoms with Crippen molar-refractivity contribution in [1.82, 2.24) is 25.2 Å². The summed E-state index contributed by atoms with van der Waals surface area (Å²) < 4.78 is 1.55. The molecule has 0 spiro atoms. The fourth-order valence-electron chi connectivity index (χ4n) is 1.85. The van der Waals surface area contributed by atoms with Crippen molar-refractivity contribution in [3.8, 4) is 5.69 Å². The van der Waals surface area contributed by atoms with Crippen molar-refractivity contribution in [3.63, 3.8) is 0 Å². The molecule has 0 saturated carbocycles. The van der Waals surface area contributed by atoms with E-state index in [9.17, 15) is 4.79 Å². The van der Waals surface area contributed by atoms with Crippen molar-refractivity contribution >= 4 is 11.7 Å². The zero-order chi connectivity index (χ0) is 14.8. The van der Waals surface area contributed by atoms with E-state index in [2.05, 4.69) is 25.8 Å². The van der Waals surface area contributed by atoms with E-state index < -0.39 is 0 Å². The maximum atomic E-state index is 12.1. The molecule has 0 aliphatic carbocycles. The summed E-state index contributed by atoms with van der Waals surface area (Å²) in [6, 6.07) is 9.48. The highest BCUT2D eigenvalue weighted by atomic mass is 16.2. The molecule has 0 aliphatic heterocycles. The normalized spacial score (nSPS) is 10.6. The van der Waals surface area contributed by atoms with Crippen LogP contribution in [-0.4, -0.2) is 31.1 Å². The van der Waals surface area contributed by atoms with Crippen molar-refractivity contribution in [1.29, 1.82) is 0 Å². The number of aryl methyl sites for hydroxylation is 1. The number of rotatable bonds is 3. The van der Waals surface area contributed by atoms with Gasteiger partial charge < -0.3 is 5.32 Å². The number of nitrogens with zero attached hydrogens (tertiary/aromatic N) is 4. The number of hydrogen-bond donors (Lipinski definition) is 2. The van der Waals surface area contributed by atoms with Gasteiger partial charge in [0.2, 0.25) is 0 Å². The Morgan fingerprint density at radius 3 is 2.67 bits per heavy atom. The van der Waals surface area contributed by atoms with Gasteiger partial charge in [-0.2, -0.15) is 5.10 Å². The van der Waals surface area contributed by atoms with Gasteiger partial charge in [-0.15, -0.1) is 5.10 Å². The summed E-state index contributed by atoms with van der Waals surface area (Å²) in [5, 5.41) is 17.4. The molecule has 7 nitrogen and oxygen atoms in total. The highest BCUT2D eigenvalue weighted by molar-refractivity contribution is 6.02. The molecular formula is C14H14N6O. The van der Waals surface area contributed by atoms with Gasteiger partial charge in [0.15, 0.2) is 11.5 Å². The maximum absolute atomic E-state index is 12.1. The minimum absolute atomic E-state index is 0.235. The summed E-state index contributed by atoms with van der Waals surface area (Å²) >= 11 is 0. The van der Waals surface area contributed by atoms with Gasteiger partial charge in [-0.1, -0.05) is 23.4 Å². The van der Waals surface area contributed by atoms with E-state index in [1.807, 2.05) is 44.2 Å². The second-order valence-corrected chi connectivity index (χ2v) is 4.66. The third-order valence-corrected chi connectivity index (χ3v) is 3.23. The highest BCUT2D eigenvalue weighted by Crippen LogP contribution is 2.14. The Hall–Kier alpha value is -2.96. The number of anilines is 1. The first-order chi connectivity index (χ1) is 10.1. The molecule has 106 valence electrons. The van der Waals surface area contributed by atoms with Gasteiger partial charge in [-0.25, -0.2) is 4.68 Å². The molecule has 7 heteroatoms. The molecule has 3 rings (SSSR count). The second kappa shape index (κ2) is 5.20. The van der Waals surface area contributed by atoms with Crippen LogP contribution in [0.1, 0.15) is 21.7 Å². The van der Waals surface area contributed by atoms with Crippen molar-refractivity contribution in [3.05, 3.63) is 53.5 Å². The standard InChI is InChI=1S/C14H14N6O/c1-9-10(2)16-18-13(9)15-14(21)12-8-20(19-17-12)11-6-4-3-5-7-11/h3-8H,1-2H3,(H2,15,16,18,21). The van der Waals surface area contributed by atoms with Crippen LogP contribution in [0.5, 0.6) is 0 Å². The van der Waals surface area contributed by atoms with Crippen LogP contribution in [0, 0.1) is 13.8 Å². The lowest BCUT2D eigenvalue weighted by Gasteiger charge is -2.00. The largest absolute Gasteiger partial charge is 0.303 e. The number of nitrogens with one attached hydrogen (secondary N) is 2. The Balaban J connectivity index is 1.80. The van der Waals surface area contributed by atoms with Gasteiger partial charge in [0.25, 0.3) is 5.91 Å². The average molecular weight is 282 g/mol.